The molecule has 2 aromatic rings. The average molecular weight is 306 g/mol. The van der Waals surface area contributed by atoms with Gasteiger partial charge >= 0.3 is 0 Å². The zero-order valence-electron chi connectivity index (χ0n) is 9.81. The maximum absolute atomic E-state index is 12.2. The Hall–Kier alpha value is -1.81. The fraction of sp³-hybridized carbons (Fsp3) is 0.0714. The molecule has 0 radical (unpaired) electrons. The number of nitrogens with two attached hydrogens (primary N) is 1. The molecule has 0 spiro atoms. The Labute approximate surface area is 114 Å². The lowest BCUT2D eigenvalue weighted by Gasteiger charge is -2.06. The van der Waals surface area contributed by atoms with Gasteiger partial charge < -0.3 is 10.5 Å². The number of ether oxygens (including phenoxy) is 1. The van der Waals surface area contributed by atoms with Crippen LogP contribution in [0.2, 0.25) is 0 Å². The second kappa shape index (κ2) is 5.23. The van der Waals surface area contributed by atoms with Crippen molar-refractivity contribution in [2.75, 3.05) is 12.8 Å². The summed E-state index contributed by atoms with van der Waals surface area (Å²) in [4.78, 5) is 12.2. The maximum atomic E-state index is 12.2. The van der Waals surface area contributed by atoms with Crippen LogP contribution in [0.5, 0.6) is 5.75 Å². The number of nitrogen functional groups attached to an aromatic ring is 1. The maximum Gasteiger partial charge on any atom is 0.193 e. The third-order valence-electron chi connectivity index (χ3n) is 2.60. The highest BCUT2D eigenvalue weighted by molar-refractivity contribution is 9.10. The van der Waals surface area contributed by atoms with Gasteiger partial charge in [-0.3, -0.25) is 4.79 Å². The average Bonchev–Trinajstić information content (AvgIpc) is 2.38. The van der Waals surface area contributed by atoms with Crippen LogP contribution in [0.15, 0.2) is 46.9 Å². The topological polar surface area (TPSA) is 52.3 Å². The molecule has 0 unspecified atom stereocenters. The molecule has 0 amide bonds. The van der Waals surface area contributed by atoms with Gasteiger partial charge in [0.25, 0.3) is 0 Å². The van der Waals surface area contributed by atoms with E-state index in [0.717, 1.165) is 4.47 Å². The molecule has 0 saturated carbocycles. The van der Waals surface area contributed by atoms with Crippen molar-refractivity contribution < 1.29 is 9.53 Å². The standard InChI is InChI=1S/C14H12BrNO2/c1-18-13-7-4-10(8-12(13)16)14(17)9-2-5-11(15)6-3-9/h2-8H,16H2,1H3. The summed E-state index contributed by atoms with van der Waals surface area (Å²) in [6, 6.07) is 12.2. The van der Waals surface area contributed by atoms with E-state index in [-0.39, 0.29) is 5.78 Å². The van der Waals surface area contributed by atoms with Gasteiger partial charge in [0.05, 0.1) is 12.8 Å². The van der Waals surface area contributed by atoms with Crippen LogP contribution in [0.3, 0.4) is 0 Å². The Morgan fingerprint density at radius 3 is 2.28 bits per heavy atom. The lowest BCUT2D eigenvalue weighted by atomic mass is 10.0. The minimum Gasteiger partial charge on any atom is -0.495 e. The van der Waals surface area contributed by atoms with E-state index in [4.69, 9.17) is 10.5 Å². The molecule has 0 bridgehead atoms. The van der Waals surface area contributed by atoms with Crippen molar-refractivity contribution >= 4 is 27.4 Å². The molecule has 18 heavy (non-hydrogen) atoms. The number of anilines is 1. The molecule has 0 aromatic heterocycles. The number of hydrogen-bond donors (Lipinski definition) is 1. The first kappa shape index (κ1) is 12.6. The minimum absolute atomic E-state index is 0.0585. The number of ketones is 1. The summed E-state index contributed by atoms with van der Waals surface area (Å²) in [5.41, 5.74) is 7.42. The molecule has 2 aromatic carbocycles. The van der Waals surface area contributed by atoms with Gasteiger partial charge in [-0.25, -0.2) is 0 Å². The van der Waals surface area contributed by atoms with Crippen molar-refractivity contribution in [2.45, 2.75) is 0 Å². The van der Waals surface area contributed by atoms with Gasteiger partial charge in [0, 0.05) is 15.6 Å². The molecule has 2 rings (SSSR count). The summed E-state index contributed by atoms with van der Waals surface area (Å²) in [5, 5.41) is 0. The molecule has 0 aliphatic heterocycles. The molecule has 0 fully saturated rings. The second-order valence-electron chi connectivity index (χ2n) is 3.79. The van der Waals surface area contributed by atoms with E-state index in [1.807, 2.05) is 12.1 Å². The van der Waals surface area contributed by atoms with Crippen molar-refractivity contribution in [3.8, 4) is 5.75 Å². The number of methoxy groups -OCH3 is 1. The Balaban J connectivity index is 2.34. The van der Waals surface area contributed by atoms with E-state index in [1.165, 1.54) is 0 Å². The summed E-state index contributed by atoms with van der Waals surface area (Å²) in [7, 11) is 1.54. The fourth-order valence-corrected chi connectivity index (χ4v) is 1.91. The van der Waals surface area contributed by atoms with E-state index in [9.17, 15) is 4.79 Å². The number of benzene rings is 2. The molecule has 4 heteroatoms. The number of rotatable bonds is 3. The van der Waals surface area contributed by atoms with Gasteiger partial charge in [0.1, 0.15) is 5.75 Å². The third-order valence-corrected chi connectivity index (χ3v) is 3.13. The highest BCUT2D eigenvalue weighted by atomic mass is 79.9. The van der Waals surface area contributed by atoms with E-state index in [2.05, 4.69) is 15.9 Å². The largest absolute Gasteiger partial charge is 0.495 e. The van der Waals surface area contributed by atoms with Gasteiger partial charge in [0.15, 0.2) is 5.78 Å². The Bertz CT molecular complexity index is 579. The Morgan fingerprint density at radius 2 is 1.72 bits per heavy atom. The summed E-state index contributed by atoms with van der Waals surface area (Å²) in [5.74, 6) is 0.513. The number of carbonyl (C=O) groups excluding carboxylic acids is 1. The summed E-state index contributed by atoms with van der Waals surface area (Å²) < 4.78 is 6.00. The van der Waals surface area contributed by atoms with Gasteiger partial charge in [-0.2, -0.15) is 0 Å². The lowest BCUT2D eigenvalue weighted by molar-refractivity contribution is 0.103. The monoisotopic (exact) mass is 305 g/mol. The molecule has 0 aliphatic carbocycles. The quantitative estimate of drug-likeness (QED) is 0.699. The molecule has 92 valence electrons. The molecular formula is C14H12BrNO2. The van der Waals surface area contributed by atoms with Crippen LogP contribution < -0.4 is 10.5 Å². The van der Waals surface area contributed by atoms with Crippen LogP contribution in [0.4, 0.5) is 5.69 Å². The van der Waals surface area contributed by atoms with Crippen LogP contribution in [0.1, 0.15) is 15.9 Å². The Morgan fingerprint density at radius 1 is 1.11 bits per heavy atom. The van der Waals surface area contributed by atoms with Crippen molar-refractivity contribution in [2.24, 2.45) is 0 Å². The Kier molecular flexibility index (Phi) is 3.67. The van der Waals surface area contributed by atoms with Gasteiger partial charge in [-0.1, -0.05) is 15.9 Å². The molecule has 2 N–H and O–H groups in total. The molecule has 0 atom stereocenters. The van der Waals surface area contributed by atoms with Gasteiger partial charge in [-0.15, -0.1) is 0 Å². The van der Waals surface area contributed by atoms with Crippen LogP contribution in [-0.2, 0) is 0 Å². The van der Waals surface area contributed by atoms with E-state index >= 15 is 0 Å². The number of halogens is 1. The van der Waals surface area contributed by atoms with Gasteiger partial charge in [-0.05, 0) is 42.5 Å². The highest BCUT2D eigenvalue weighted by Crippen LogP contribution is 2.23. The molecular weight excluding hydrogens is 294 g/mol. The first-order valence-corrected chi connectivity index (χ1v) is 6.15. The highest BCUT2D eigenvalue weighted by Gasteiger charge is 2.10. The SMILES string of the molecule is COc1ccc(C(=O)c2ccc(Br)cc2)cc1N. The van der Waals surface area contributed by atoms with Crippen LogP contribution in [0.25, 0.3) is 0 Å². The van der Waals surface area contributed by atoms with Crippen molar-refractivity contribution in [1.82, 2.24) is 0 Å². The van der Waals surface area contributed by atoms with E-state index < -0.39 is 0 Å². The van der Waals surface area contributed by atoms with Gasteiger partial charge in [0.2, 0.25) is 0 Å². The van der Waals surface area contributed by atoms with E-state index in [0.29, 0.717) is 22.6 Å². The van der Waals surface area contributed by atoms with Crippen molar-refractivity contribution in [3.05, 3.63) is 58.1 Å². The smallest absolute Gasteiger partial charge is 0.193 e. The molecule has 0 saturated heterocycles. The predicted octanol–water partition coefficient (Wildman–Crippen LogP) is 3.27. The first-order chi connectivity index (χ1) is 8.61. The number of carbonyl (C=O) groups is 1. The second-order valence-corrected chi connectivity index (χ2v) is 4.71. The fourth-order valence-electron chi connectivity index (χ4n) is 1.64. The normalized spacial score (nSPS) is 10.1. The molecule has 3 nitrogen and oxygen atoms in total. The third kappa shape index (κ3) is 2.54. The number of hydrogen-bond acceptors (Lipinski definition) is 3. The van der Waals surface area contributed by atoms with Crippen LogP contribution >= 0.6 is 15.9 Å². The first-order valence-electron chi connectivity index (χ1n) is 5.35. The van der Waals surface area contributed by atoms with E-state index in [1.54, 1.807) is 37.4 Å². The zero-order chi connectivity index (χ0) is 13.1. The van der Waals surface area contributed by atoms with Crippen LogP contribution in [0, 0.1) is 0 Å². The molecule has 0 aliphatic rings. The van der Waals surface area contributed by atoms with Crippen molar-refractivity contribution in [3.63, 3.8) is 0 Å². The van der Waals surface area contributed by atoms with Crippen LogP contribution in [-0.4, -0.2) is 12.9 Å². The molecule has 0 heterocycles. The summed E-state index contributed by atoms with van der Waals surface area (Å²) in [6.45, 7) is 0. The minimum atomic E-state index is -0.0585. The summed E-state index contributed by atoms with van der Waals surface area (Å²) >= 11 is 3.33. The van der Waals surface area contributed by atoms with Crippen molar-refractivity contribution in [1.29, 1.82) is 0 Å². The summed E-state index contributed by atoms with van der Waals surface area (Å²) in [6.07, 6.45) is 0. The zero-order valence-corrected chi connectivity index (χ0v) is 11.4. The predicted molar refractivity (Wildman–Crippen MR) is 75.0 cm³/mol. The lowest BCUT2D eigenvalue weighted by Crippen LogP contribution is -2.02.